The van der Waals surface area contributed by atoms with Crippen LogP contribution in [0.2, 0.25) is 0 Å². The van der Waals surface area contributed by atoms with Gasteiger partial charge in [0.25, 0.3) is 0 Å². The lowest BCUT2D eigenvalue weighted by Crippen LogP contribution is -2.41. The van der Waals surface area contributed by atoms with Gasteiger partial charge in [-0.05, 0) is 43.4 Å². The van der Waals surface area contributed by atoms with Crippen LogP contribution in [0.1, 0.15) is 27.2 Å². The van der Waals surface area contributed by atoms with Gasteiger partial charge >= 0.3 is 0 Å². The first-order valence-corrected chi connectivity index (χ1v) is 6.47. The first-order chi connectivity index (χ1) is 7.87. The van der Waals surface area contributed by atoms with E-state index in [1.54, 1.807) is 12.4 Å². The van der Waals surface area contributed by atoms with E-state index in [0.717, 1.165) is 3.57 Å². The fourth-order valence-electron chi connectivity index (χ4n) is 1.17. The Kier molecular flexibility index (Phi) is 5.10. The second kappa shape index (κ2) is 6.13. The van der Waals surface area contributed by atoms with Crippen molar-refractivity contribution in [3.63, 3.8) is 0 Å². The van der Waals surface area contributed by atoms with Gasteiger partial charge in [-0.1, -0.05) is 0 Å². The minimum Gasteiger partial charge on any atom is -0.354 e. The van der Waals surface area contributed by atoms with Crippen LogP contribution in [-0.4, -0.2) is 28.0 Å². The lowest BCUT2D eigenvalue weighted by Gasteiger charge is -2.20. The van der Waals surface area contributed by atoms with Gasteiger partial charge in [0.15, 0.2) is 0 Å². The van der Waals surface area contributed by atoms with Crippen molar-refractivity contribution in [2.75, 3.05) is 11.9 Å². The van der Waals surface area contributed by atoms with E-state index in [-0.39, 0.29) is 11.4 Å². The highest BCUT2D eigenvalue weighted by molar-refractivity contribution is 14.1. The summed E-state index contributed by atoms with van der Waals surface area (Å²) in [5.41, 5.74) is -0.184. The van der Waals surface area contributed by atoms with Crippen LogP contribution in [0.3, 0.4) is 0 Å². The number of aromatic nitrogens is 2. The Morgan fingerprint density at radius 3 is 2.47 bits per heavy atom. The second-order valence-corrected chi connectivity index (χ2v) is 5.95. The molecule has 0 saturated carbocycles. The zero-order valence-electron chi connectivity index (χ0n) is 10.2. The Bertz CT molecular complexity index is 372. The molecule has 0 unspecified atom stereocenters. The maximum absolute atomic E-state index is 11.5. The van der Waals surface area contributed by atoms with Crippen LogP contribution in [-0.2, 0) is 4.79 Å². The summed E-state index contributed by atoms with van der Waals surface area (Å²) in [5, 5.41) is 5.90. The number of halogens is 1. The summed E-state index contributed by atoms with van der Waals surface area (Å²) < 4.78 is 0.985. The third-order valence-corrected chi connectivity index (χ3v) is 2.33. The molecule has 2 N–H and O–H groups in total. The molecular weight excluding hydrogens is 331 g/mol. The number of amides is 1. The minimum atomic E-state index is -0.184. The van der Waals surface area contributed by atoms with Gasteiger partial charge < -0.3 is 10.6 Å². The van der Waals surface area contributed by atoms with E-state index in [4.69, 9.17) is 0 Å². The molecule has 94 valence electrons. The standard InChI is InChI=1S/C11H17IN4O/c1-11(2,3)16-9(17)4-5-13-10-14-6-8(12)7-15-10/h6-7H,4-5H2,1-3H3,(H,16,17)(H,13,14,15). The summed E-state index contributed by atoms with van der Waals surface area (Å²) in [7, 11) is 0. The third kappa shape index (κ3) is 6.40. The molecule has 0 aliphatic carbocycles. The zero-order valence-corrected chi connectivity index (χ0v) is 12.4. The van der Waals surface area contributed by atoms with E-state index in [2.05, 4.69) is 43.2 Å². The third-order valence-electron chi connectivity index (χ3n) is 1.77. The lowest BCUT2D eigenvalue weighted by atomic mass is 10.1. The van der Waals surface area contributed by atoms with E-state index in [0.29, 0.717) is 18.9 Å². The molecule has 0 aromatic carbocycles. The first-order valence-electron chi connectivity index (χ1n) is 5.39. The van der Waals surface area contributed by atoms with Crippen LogP contribution < -0.4 is 10.6 Å². The molecule has 0 aliphatic heterocycles. The monoisotopic (exact) mass is 348 g/mol. The van der Waals surface area contributed by atoms with Crippen LogP contribution in [0, 0.1) is 3.57 Å². The van der Waals surface area contributed by atoms with Crippen molar-refractivity contribution in [3.05, 3.63) is 16.0 Å². The van der Waals surface area contributed by atoms with Gasteiger partial charge in [-0.3, -0.25) is 4.79 Å². The van der Waals surface area contributed by atoms with E-state index >= 15 is 0 Å². The number of hydrogen-bond donors (Lipinski definition) is 2. The highest BCUT2D eigenvalue weighted by Gasteiger charge is 2.12. The number of carbonyl (C=O) groups excluding carboxylic acids is 1. The Morgan fingerprint density at radius 2 is 1.94 bits per heavy atom. The molecule has 0 atom stereocenters. The van der Waals surface area contributed by atoms with Gasteiger partial charge in [0.2, 0.25) is 11.9 Å². The van der Waals surface area contributed by atoms with Crippen molar-refractivity contribution in [1.29, 1.82) is 0 Å². The zero-order chi connectivity index (χ0) is 12.9. The fourth-order valence-corrected chi connectivity index (χ4v) is 1.45. The largest absolute Gasteiger partial charge is 0.354 e. The van der Waals surface area contributed by atoms with Gasteiger partial charge in [0.05, 0.1) is 0 Å². The molecule has 1 aromatic rings. The fraction of sp³-hybridized carbons (Fsp3) is 0.545. The van der Waals surface area contributed by atoms with Crippen molar-refractivity contribution in [1.82, 2.24) is 15.3 Å². The summed E-state index contributed by atoms with van der Waals surface area (Å²) in [4.78, 5) is 19.7. The molecule has 0 saturated heterocycles. The SMILES string of the molecule is CC(C)(C)NC(=O)CCNc1ncc(I)cn1. The molecule has 1 aromatic heterocycles. The van der Waals surface area contributed by atoms with Gasteiger partial charge in [-0.2, -0.15) is 0 Å². The Morgan fingerprint density at radius 1 is 1.35 bits per heavy atom. The Labute approximate surface area is 115 Å². The maximum Gasteiger partial charge on any atom is 0.222 e. The highest BCUT2D eigenvalue weighted by Crippen LogP contribution is 2.03. The van der Waals surface area contributed by atoms with Gasteiger partial charge in [-0.15, -0.1) is 0 Å². The predicted octanol–water partition coefficient (Wildman–Crippen LogP) is 1.80. The topological polar surface area (TPSA) is 66.9 Å². The summed E-state index contributed by atoms with van der Waals surface area (Å²) in [6.07, 6.45) is 3.86. The van der Waals surface area contributed by atoms with E-state index in [1.165, 1.54) is 0 Å². The smallest absolute Gasteiger partial charge is 0.222 e. The number of rotatable bonds is 4. The molecule has 17 heavy (non-hydrogen) atoms. The quantitative estimate of drug-likeness (QED) is 0.815. The van der Waals surface area contributed by atoms with Gasteiger partial charge in [-0.25, -0.2) is 9.97 Å². The average molecular weight is 348 g/mol. The van der Waals surface area contributed by atoms with Crippen LogP contribution in [0.5, 0.6) is 0 Å². The summed E-state index contributed by atoms with van der Waals surface area (Å²) in [5.74, 6) is 0.574. The highest BCUT2D eigenvalue weighted by atomic mass is 127. The Hall–Kier alpha value is -0.920. The van der Waals surface area contributed by atoms with E-state index < -0.39 is 0 Å². The summed E-state index contributed by atoms with van der Waals surface area (Å²) in [6.45, 7) is 6.41. The van der Waals surface area contributed by atoms with Crippen LogP contribution in [0.25, 0.3) is 0 Å². The van der Waals surface area contributed by atoms with Crippen LogP contribution in [0.4, 0.5) is 5.95 Å². The molecular formula is C11H17IN4O. The van der Waals surface area contributed by atoms with Crippen molar-refractivity contribution in [2.24, 2.45) is 0 Å². The number of nitrogens with one attached hydrogen (secondary N) is 2. The molecule has 0 bridgehead atoms. The van der Waals surface area contributed by atoms with Gasteiger partial charge in [0, 0.05) is 34.5 Å². The van der Waals surface area contributed by atoms with Crippen LogP contribution in [0.15, 0.2) is 12.4 Å². The van der Waals surface area contributed by atoms with E-state index in [1.807, 2.05) is 20.8 Å². The molecule has 0 fully saturated rings. The molecule has 1 amide bonds. The minimum absolute atomic E-state index is 0.0236. The predicted molar refractivity (Wildman–Crippen MR) is 75.8 cm³/mol. The van der Waals surface area contributed by atoms with Crippen molar-refractivity contribution in [2.45, 2.75) is 32.7 Å². The molecule has 0 aliphatic rings. The number of hydrogen-bond acceptors (Lipinski definition) is 4. The number of anilines is 1. The number of carbonyl (C=O) groups is 1. The van der Waals surface area contributed by atoms with Crippen molar-refractivity contribution < 1.29 is 4.79 Å². The first kappa shape index (κ1) is 14.1. The second-order valence-electron chi connectivity index (χ2n) is 4.70. The maximum atomic E-state index is 11.5. The van der Waals surface area contributed by atoms with E-state index in [9.17, 15) is 4.79 Å². The van der Waals surface area contributed by atoms with Gasteiger partial charge in [0.1, 0.15) is 0 Å². The molecule has 6 heteroatoms. The number of nitrogens with zero attached hydrogens (tertiary/aromatic N) is 2. The Balaban J connectivity index is 2.28. The van der Waals surface area contributed by atoms with Crippen molar-refractivity contribution in [3.8, 4) is 0 Å². The molecule has 0 spiro atoms. The van der Waals surface area contributed by atoms with Crippen molar-refractivity contribution >= 4 is 34.4 Å². The molecule has 1 heterocycles. The molecule has 0 radical (unpaired) electrons. The van der Waals surface area contributed by atoms with Crippen LogP contribution >= 0.6 is 22.6 Å². The average Bonchev–Trinajstić information content (AvgIpc) is 2.18. The normalized spacial score (nSPS) is 11.1. The summed E-state index contributed by atoms with van der Waals surface area (Å²) in [6, 6.07) is 0. The lowest BCUT2D eigenvalue weighted by molar-refractivity contribution is -0.122. The molecule has 1 rings (SSSR count). The molecule has 5 nitrogen and oxygen atoms in total. The summed E-state index contributed by atoms with van der Waals surface area (Å²) >= 11 is 2.14.